The number of aromatic nitrogens is 1. The van der Waals surface area contributed by atoms with Crippen molar-refractivity contribution in [3.63, 3.8) is 0 Å². The summed E-state index contributed by atoms with van der Waals surface area (Å²) in [5.74, 6) is 0.167. The number of ether oxygens (including phenoxy) is 1. The molecule has 1 spiro atoms. The summed E-state index contributed by atoms with van der Waals surface area (Å²) in [6.45, 7) is 2.46. The molecule has 1 saturated carbocycles. The van der Waals surface area contributed by atoms with E-state index in [2.05, 4.69) is 4.98 Å². The minimum absolute atomic E-state index is 0.0420. The number of urea groups is 1. The Labute approximate surface area is 207 Å². The highest BCUT2D eigenvalue weighted by molar-refractivity contribution is 8.00. The second kappa shape index (κ2) is 9.13. The summed E-state index contributed by atoms with van der Waals surface area (Å²) in [5.41, 5.74) is -3.61. The van der Waals surface area contributed by atoms with Gasteiger partial charge in [0.05, 0.1) is 25.8 Å². The molecule has 0 atom stereocenters. The van der Waals surface area contributed by atoms with Crippen molar-refractivity contribution < 1.29 is 35.9 Å². The summed E-state index contributed by atoms with van der Waals surface area (Å²) in [6, 6.07) is 8.47. The number of pyridine rings is 1. The van der Waals surface area contributed by atoms with Gasteiger partial charge in [-0.1, -0.05) is 18.2 Å². The number of alkyl halides is 6. The first-order valence-electron chi connectivity index (χ1n) is 11.4. The average Bonchev–Trinajstić information content (AvgIpc) is 2.70. The molecule has 2 aliphatic heterocycles. The quantitative estimate of drug-likeness (QED) is 0.356. The lowest BCUT2D eigenvalue weighted by atomic mass is 9.56. The number of hydrogen-bond donors (Lipinski definition) is 0. The number of thioether (sulfide) groups is 1. The van der Waals surface area contributed by atoms with Crippen molar-refractivity contribution in [2.45, 2.75) is 48.1 Å². The molecule has 2 amide bonds. The SMILES string of the molecule is O=C(N1CC(OCc2ccc(SC(F)(F)F)cc2)C1)N1CC2(CC(c3ccc(C(F)(F)F)nc3)C2)C1. The van der Waals surface area contributed by atoms with E-state index in [0.717, 1.165) is 30.0 Å². The number of carbonyl (C=O) groups excluding carboxylic acids is 1. The smallest absolute Gasteiger partial charge is 0.370 e. The second-order valence-electron chi connectivity index (χ2n) is 9.75. The molecule has 12 heteroatoms. The molecule has 3 aliphatic rings. The van der Waals surface area contributed by atoms with E-state index in [4.69, 9.17) is 4.74 Å². The van der Waals surface area contributed by atoms with Gasteiger partial charge in [0.2, 0.25) is 0 Å². The first kappa shape index (κ1) is 25.2. The van der Waals surface area contributed by atoms with Crippen LogP contribution in [0.5, 0.6) is 0 Å². The molecule has 36 heavy (non-hydrogen) atoms. The number of halogens is 6. The van der Waals surface area contributed by atoms with Crippen molar-refractivity contribution in [1.82, 2.24) is 14.8 Å². The molecule has 0 radical (unpaired) electrons. The van der Waals surface area contributed by atoms with Crippen LogP contribution in [-0.4, -0.2) is 58.6 Å². The van der Waals surface area contributed by atoms with Gasteiger partial charge in [-0.25, -0.2) is 4.79 Å². The molecule has 3 heterocycles. The van der Waals surface area contributed by atoms with Gasteiger partial charge in [-0.2, -0.15) is 26.3 Å². The van der Waals surface area contributed by atoms with E-state index in [-0.39, 0.29) is 46.7 Å². The number of rotatable bonds is 5. The number of carbonyl (C=O) groups is 1. The van der Waals surface area contributed by atoms with E-state index < -0.39 is 17.4 Å². The van der Waals surface area contributed by atoms with E-state index in [1.165, 1.54) is 24.4 Å². The number of benzene rings is 1. The Hall–Kier alpha value is -2.47. The van der Waals surface area contributed by atoms with Crippen LogP contribution in [0.1, 0.15) is 35.6 Å². The summed E-state index contributed by atoms with van der Waals surface area (Å²) in [4.78, 5) is 19.8. The van der Waals surface area contributed by atoms with E-state index in [9.17, 15) is 31.1 Å². The minimum atomic E-state index is -4.44. The standard InChI is InChI=1S/C24H23F6N3O2S/c25-23(26,27)20-6-3-16(9-31-20)17-7-22(8-17)13-33(14-22)21(34)32-10-18(11-32)35-12-15-1-4-19(5-2-15)36-24(28,29)30/h1-6,9,17-18H,7-8,10-14H2. The van der Waals surface area contributed by atoms with Gasteiger partial charge >= 0.3 is 17.7 Å². The van der Waals surface area contributed by atoms with Gasteiger partial charge in [-0.05, 0) is 59.8 Å². The van der Waals surface area contributed by atoms with Crippen LogP contribution in [0.4, 0.5) is 31.1 Å². The van der Waals surface area contributed by atoms with Crippen molar-refractivity contribution in [3.05, 3.63) is 59.4 Å². The van der Waals surface area contributed by atoms with Crippen LogP contribution in [0.15, 0.2) is 47.5 Å². The van der Waals surface area contributed by atoms with Crippen LogP contribution in [0.3, 0.4) is 0 Å². The summed E-state index contributed by atoms with van der Waals surface area (Å²) in [5, 5.41) is 0. The van der Waals surface area contributed by atoms with Gasteiger partial charge in [0.1, 0.15) is 5.69 Å². The summed E-state index contributed by atoms with van der Waals surface area (Å²) in [6.07, 6.45) is -1.60. The van der Waals surface area contributed by atoms with Crippen LogP contribution in [0.2, 0.25) is 0 Å². The third kappa shape index (κ3) is 5.44. The fourth-order valence-corrected chi connectivity index (χ4v) is 5.63. The Bertz CT molecular complexity index is 1090. The average molecular weight is 532 g/mol. The molecule has 0 bridgehead atoms. The second-order valence-corrected chi connectivity index (χ2v) is 10.9. The number of likely N-dealkylation sites (tertiary alicyclic amines) is 2. The molecule has 194 valence electrons. The highest BCUT2D eigenvalue weighted by Gasteiger charge is 2.55. The van der Waals surface area contributed by atoms with Crippen LogP contribution < -0.4 is 0 Å². The Morgan fingerprint density at radius 1 is 1.00 bits per heavy atom. The summed E-state index contributed by atoms with van der Waals surface area (Å²) >= 11 is -0.161. The Morgan fingerprint density at radius 3 is 2.22 bits per heavy atom. The molecule has 2 aromatic rings. The van der Waals surface area contributed by atoms with Crippen molar-refractivity contribution in [2.24, 2.45) is 5.41 Å². The Morgan fingerprint density at radius 2 is 1.67 bits per heavy atom. The summed E-state index contributed by atoms with van der Waals surface area (Å²) < 4.78 is 81.0. The van der Waals surface area contributed by atoms with Gasteiger partial charge < -0.3 is 14.5 Å². The van der Waals surface area contributed by atoms with Gasteiger partial charge in [-0.3, -0.25) is 4.98 Å². The van der Waals surface area contributed by atoms with Crippen molar-refractivity contribution in [1.29, 1.82) is 0 Å². The third-order valence-corrected chi connectivity index (χ3v) is 7.73. The number of nitrogens with zero attached hydrogens (tertiary/aromatic N) is 3. The van der Waals surface area contributed by atoms with Crippen LogP contribution in [0.25, 0.3) is 0 Å². The zero-order valence-corrected chi connectivity index (χ0v) is 19.8. The third-order valence-electron chi connectivity index (χ3n) is 6.99. The molecule has 1 aromatic heterocycles. The van der Waals surface area contributed by atoms with Crippen LogP contribution >= 0.6 is 11.8 Å². The molecule has 0 unspecified atom stereocenters. The van der Waals surface area contributed by atoms with Gasteiger partial charge in [0.25, 0.3) is 0 Å². The lowest BCUT2D eigenvalue weighted by Crippen LogP contribution is -2.68. The minimum Gasteiger partial charge on any atom is -0.370 e. The fraction of sp³-hybridized carbons (Fsp3) is 0.500. The molecule has 5 nitrogen and oxygen atoms in total. The number of hydrogen-bond acceptors (Lipinski definition) is 4. The van der Waals surface area contributed by atoms with Crippen LogP contribution in [-0.2, 0) is 17.5 Å². The molecule has 3 fully saturated rings. The van der Waals surface area contributed by atoms with Gasteiger partial charge in [-0.15, -0.1) is 0 Å². The first-order chi connectivity index (χ1) is 16.9. The zero-order valence-electron chi connectivity index (χ0n) is 19.0. The van der Waals surface area contributed by atoms with E-state index in [0.29, 0.717) is 26.2 Å². The van der Waals surface area contributed by atoms with E-state index in [1.54, 1.807) is 21.9 Å². The van der Waals surface area contributed by atoms with E-state index in [1.807, 2.05) is 0 Å². The van der Waals surface area contributed by atoms with E-state index >= 15 is 0 Å². The lowest BCUT2D eigenvalue weighted by molar-refractivity contribution is -0.141. The molecule has 2 saturated heterocycles. The maximum Gasteiger partial charge on any atom is 0.446 e. The summed E-state index contributed by atoms with van der Waals surface area (Å²) in [7, 11) is 0. The Kier molecular flexibility index (Phi) is 6.39. The molecular weight excluding hydrogens is 508 g/mol. The van der Waals surface area contributed by atoms with Crippen LogP contribution in [0, 0.1) is 5.41 Å². The lowest BCUT2D eigenvalue weighted by Gasteiger charge is -2.60. The normalized spacial score (nSPS) is 20.2. The maximum absolute atomic E-state index is 12.7. The first-order valence-corrected chi connectivity index (χ1v) is 12.2. The monoisotopic (exact) mass is 531 g/mol. The van der Waals surface area contributed by atoms with Gasteiger partial charge in [0.15, 0.2) is 0 Å². The van der Waals surface area contributed by atoms with Crippen molar-refractivity contribution >= 4 is 17.8 Å². The molecule has 1 aliphatic carbocycles. The van der Waals surface area contributed by atoms with Gasteiger partial charge in [0, 0.05) is 29.6 Å². The topological polar surface area (TPSA) is 45.7 Å². The fourth-order valence-electron chi connectivity index (χ4n) is 5.09. The molecular formula is C24H23F6N3O2S. The molecule has 5 rings (SSSR count). The highest BCUT2D eigenvalue weighted by atomic mass is 32.2. The molecule has 0 N–H and O–H groups in total. The highest BCUT2D eigenvalue weighted by Crippen LogP contribution is 2.56. The van der Waals surface area contributed by atoms with Crippen molar-refractivity contribution in [2.75, 3.05) is 26.2 Å². The number of amides is 2. The Balaban J connectivity index is 1.00. The molecule has 1 aromatic carbocycles. The largest absolute Gasteiger partial charge is 0.446 e. The zero-order chi connectivity index (χ0) is 25.7. The predicted molar refractivity (Wildman–Crippen MR) is 119 cm³/mol. The predicted octanol–water partition coefficient (Wildman–Crippen LogP) is 5.91. The maximum atomic E-state index is 12.7. The van der Waals surface area contributed by atoms with Crippen molar-refractivity contribution in [3.8, 4) is 0 Å².